The molecular formula is C15H22N2. The molecule has 17 heavy (non-hydrogen) atoms. The Morgan fingerprint density at radius 3 is 2.24 bits per heavy atom. The molecule has 1 saturated carbocycles. The molecule has 2 rings (SSSR count). The second-order valence-corrected chi connectivity index (χ2v) is 5.22. The van der Waals surface area contributed by atoms with Crippen LogP contribution in [0.4, 0.5) is 5.69 Å². The first-order chi connectivity index (χ1) is 8.15. The zero-order chi connectivity index (χ0) is 12.3. The molecule has 2 nitrogen and oxygen atoms in total. The van der Waals surface area contributed by atoms with Crippen LogP contribution in [0, 0.1) is 19.8 Å². The van der Waals surface area contributed by atoms with Crippen LogP contribution in [0.5, 0.6) is 0 Å². The lowest BCUT2D eigenvalue weighted by Gasteiger charge is -2.20. The van der Waals surface area contributed by atoms with Crippen LogP contribution in [-0.2, 0) is 0 Å². The van der Waals surface area contributed by atoms with Crippen LogP contribution in [0.1, 0.15) is 43.2 Å². The quantitative estimate of drug-likeness (QED) is 0.608. The van der Waals surface area contributed by atoms with E-state index in [2.05, 4.69) is 37.0 Å². The average molecular weight is 230 g/mol. The maximum Gasteiger partial charge on any atom is 0.103 e. The fourth-order valence-corrected chi connectivity index (χ4v) is 2.65. The second kappa shape index (κ2) is 5.35. The van der Waals surface area contributed by atoms with Crippen molar-refractivity contribution in [2.24, 2.45) is 16.6 Å². The molecule has 1 aromatic rings. The zero-order valence-electron chi connectivity index (χ0n) is 10.9. The first-order valence-corrected chi connectivity index (χ1v) is 6.57. The molecule has 1 fully saturated rings. The minimum Gasteiger partial charge on any atom is -0.387 e. The molecule has 0 saturated heterocycles. The number of aliphatic imine (C=N–C) groups is 1. The highest BCUT2D eigenvalue weighted by molar-refractivity contribution is 5.85. The summed E-state index contributed by atoms with van der Waals surface area (Å²) >= 11 is 0. The SMILES string of the molecule is Cc1cc(C)cc(N=C(N)C2CCCCC2)c1. The summed E-state index contributed by atoms with van der Waals surface area (Å²) in [6.45, 7) is 4.20. The number of rotatable bonds is 2. The highest BCUT2D eigenvalue weighted by atomic mass is 14.9. The third kappa shape index (κ3) is 3.32. The lowest BCUT2D eigenvalue weighted by atomic mass is 9.88. The number of amidine groups is 1. The van der Waals surface area contributed by atoms with Gasteiger partial charge >= 0.3 is 0 Å². The Morgan fingerprint density at radius 2 is 1.65 bits per heavy atom. The number of aryl methyl sites for hydroxylation is 2. The van der Waals surface area contributed by atoms with Crippen molar-refractivity contribution in [2.45, 2.75) is 46.0 Å². The molecule has 1 aromatic carbocycles. The van der Waals surface area contributed by atoms with Crippen LogP contribution in [0.3, 0.4) is 0 Å². The van der Waals surface area contributed by atoms with Gasteiger partial charge in [-0.15, -0.1) is 0 Å². The van der Waals surface area contributed by atoms with Gasteiger partial charge in [0.2, 0.25) is 0 Å². The highest BCUT2D eigenvalue weighted by Crippen LogP contribution is 2.25. The van der Waals surface area contributed by atoms with Gasteiger partial charge in [0.15, 0.2) is 0 Å². The number of benzene rings is 1. The second-order valence-electron chi connectivity index (χ2n) is 5.22. The van der Waals surface area contributed by atoms with E-state index in [-0.39, 0.29) is 0 Å². The molecule has 92 valence electrons. The van der Waals surface area contributed by atoms with E-state index < -0.39 is 0 Å². The summed E-state index contributed by atoms with van der Waals surface area (Å²) in [5.74, 6) is 1.33. The van der Waals surface area contributed by atoms with Crippen LogP contribution >= 0.6 is 0 Å². The molecule has 0 aliphatic heterocycles. The number of nitrogens with zero attached hydrogens (tertiary/aromatic N) is 1. The van der Waals surface area contributed by atoms with Gasteiger partial charge in [0, 0.05) is 5.92 Å². The van der Waals surface area contributed by atoms with E-state index in [9.17, 15) is 0 Å². The van der Waals surface area contributed by atoms with Crippen molar-refractivity contribution >= 4 is 11.5 Å². The maximum atomic E-state index is 6.13. The number of hydrogen-bond donors (Lipinski definition) is 1. The van der Waals surface area contributed by atoms with E-state index in [1.54, 1.807) is 0 Å². The van der Waals surface area contributed by atoms with Crippen molar-refractivity contribution in [2.75, 3.05) is 0 Å². The van der Waals surface area contributed by atoms with Gasteiger partial charge in [0.05, 0.1) is 5.69 Å². The van der Waals surface area contributed by atoms with Crippen LogP contribution in [0.15, 0.2) is 23.2 Å². The largest absolute Gasteiger partial charge is 0.387 e. The summed E-state index contributed by atoms with van der Waals surface area (Å²) in [6.07, 6.45) is 6.37. The minimum atomic E-state index is 0.504. The molecule has 1 aliphatic carbocycles. The first kappa shape index (κ1) is 12.2. The number of nitrogens with two attached hydrogens (primary N) is 1. The molecule has 0 bridgehead atoms. The Bertz CT molecular complexity index is 395. The Kier molecular flexibility index (Phi) is 3.82. The summed E-state index contributed by atoms with van der Waals surface area (Å²) in [6, 6.07) is 6.36. The van der Waals surface area contributed by atoms with Crippen molar-refractivity contribution in [3.63, 3.8) is 0 Å². The lowest BCUT2D eigenvalue weighted by molar-refractivity contribution is 0.437. The van der Waals surface area contributed by atoms with Crippen LogP contribution in [0.25, 0.3) is 0 Å². The summed E-state index contributed by atoms with van der Waals surface area (Å²) in [4.78, 5) is 4.60. The van der Waals surface area contributed by atoms with E-state index in [1.165, 1.54) is 43.2 Å². The molecule has 0 spiro atoms. The van der Waals surface area contributed by atoms with Crippen molar-refractivity contribution in [3.8, 4) is 0 Å². The van der Waals surface area contributed by atoms with Crippen molar-refractivity contribution < 1.29 is 0 Å². The Morgan fingerprint density at radius 1 is 1.06 bits per heavy atom. The molecular weight excluding hydrogens is 208 g/mol. The van der Waals surface area contributed by atoms with E-state index in [4.69, 9.17) is 5.73 Å². The highest BCUT2D eigenvalue weighted by Gasteiger charge is 2.16. The third-order valence-electron chi connectivity index (χ3n) is 3.49. The summed E-state index contributed by atoms with van der Waals surface area (Å²) < 4.78 is 0. The maximum absolute atomic E-state index is 6.13. The van der Waals surface area contributed by atoms with Gasteiger partial charge in [0.25, 0.3) is 0 Å². The first-order valence-electron chi connectivity index (χ1n) is 6.57. The van der Waals surface area contributed by atoms with Gasteiger partial charge in [-0.3, -0.25) is 0 Å². The lowest BCUT2D eigenvalue weighted by Crippen LogP contribution is -2.25. The molecule has 0 unspecified atom stereocenters. The molecule has 2 heteroatoms. The smallest absolute Gasteiger partial charge is 0.103 e. The van der Waals surface area contributed by atoms with Crippen molar-refractivity contribution in [1.82, 2.24) is 0 Å². The van der Waals surface area contributed by atoms with Crippen molar-refractivity contribution in [3.05, 3.63) is 29.3 Å². The molecule has 2 N–H and O–H groups in total. The predicted octanol–water partition coefficient (Wildman–Crippen LogP) is 3.87. The van der Waals surface area contributed by atoms with Crippen LogP contribution in [-0.4, -0.2) is 5.84 Å². The van der Waals surface area contributed by atoms with E-state index in [1.807, 2.05) is 0 Å². The van der Waals surface area contributed by atoms with E-state index >= 15 is 0 Å². The summed E-state index contributed by atoms with van der Waals surface area (Å²) in [5.41, 5.74) is 9.64. The molecule has 0 aromatic heterocycles. The van der Waals surface area contributed by atoms with E-state index in [0.717, 1.165) is 11.5 Å². The average Bonchev–Trinajstić information content (AvgIpc) is 2.28. The molecule has 0 amide bonds. The van der Waals surface area contributed by atoms with Gasteiger partial charge in [0.1, 0.15) is 5.84 Å². The normalized spacial score (nSPS) is 18.4. The molecule has 1 aliphatic rings. The van der Waals surface area contributed by atoms with Gasteiger partial charge < -0.3 is 5.73 Å². The van der Waals surface area contributed by atoms with Gasteiger partial charge in [-0.1, -0.05) is 25.3 Å². The number of hydrogen-bond acceptors (Lipinski definition) is 1. The third-order valence-corrected chi connectivity index (χ3v) is 3.49. The van der Waals surface area contributed by atoms with E-state index in [0.29, 0.717) is 5.92 Å². The summed E-state index contributed by atoms with van der Waals surface area (Å²) in [7, 11) is 0. The molecule has 0 heterocycles. The Balaban J connectivity index is 2.16. The topological polar surface area (TPSA) is 38.4 Å². The summed E-state index contributed by atoms with van der Waals surface area (Å²) in [5, 5.41) is 0. The molecule has 0 atom stereocenters. The monoisotopic (exact) mass is 230 g/mol. The zero-order valence-corrected chi connectivity index (χ0v) is 10.9. The van der Waals surface area contributed by atoms with Gasteiger partial charge in [-0.05, 0) is 49.9 Å². The standard InChI is InChI=1S/C15H22N2/c1-11-8-12(2)10-14(9-11)17-15(16)13-6-4-3-5-7-13/h8-10,13H,3-7H2,1-2H3,(H2,16,17). The van der Waals surface area contributed by atoms with Crippen molar-refractivity contribution in [1.29, 1.82) is 0 Å². The van der Waals surface area contributed by atoms with Crippen LogP contribution in [0.2, 0.25) is 0 Å². The molecule has 0 radical (unpaired) electrons. The fraction of sp³-hybridized carbons (Fsp3) is 0.533. The van der Waals surface area contributed by atoms with Crippen LogP contribution < -0.4 is 5.73 Å². The minimum absolute atomic E-state index is 0.504. The van der Waals surface area contributed by atoms with Gasteiger partial charge in [-0.25, -0.2) is 4.99 Å². The predicted molar refractivity (Wildman–Crippen MR) is 73.8 cm³/mol. The Hall–Kier alpha value is -1.31. The fourth-order valence-electron chi connectivity index (χ4n) is 2.65. The Labute approximate surface area is 104 Å². The van der Waals surface area contributed by atoms with Gasteiger partial charge in [-0.2, -0.15) is 0 Å².